The number of nitrogens with one attached hydrogen (secondary N) is 1. The molecule has 1 N–H and O–H groups in total. The van der Waals surface area contributed by atoms with Crippen molar-refractivity contribution in [3.8, 4) is 0 Å². The Bertz CT molecular complexity index is 532. The van der Waals surface area contributed by atoms with Gasteiger partial charge in [0.2, 0.25) is 11.8 Å². The highest BCUT2D eigenvalue weighted by Gasteiger charge is 2.43. The molecule has 0 aromatic carbocycles. The Balaban J connectivity index is 2.24. The van der Waals surface area contributed by atoms with Gasteiger partial charge >= 0.3 is 0 Å². The Kier molecular flexibility index (Phi) is 3.49. The highest BCUT2D eigenvalue weighted by molar-refractivity contribution is 5.97. The van der Waals surface area contributed by atoms with Crippen LogP contribution in [0.1, 0.15) is 33.5 Å². The zero-order chi connectivity index (χ0) is 15.1. The molecule has 0 radical (unpaired) electrons. The topological polar surface area (TPSA) is 93.0 Å². The molecule has 1 aliphatic heterocycles. The van der Waals surface area contributed by atoms with E-state index in [9.17, 15) is 9.59 Å². The number of tetrazole rings is 1. The lowest BCUT2D eigenvalue weighted by Crippen LogP contribution is -2.65. The fourth-order valence-electron chi connectivity index (χ4n) is 2.16. The minimum absolute atomic E-state index is 0.114. The number of nitrogens with zero attached hydrogens (tertiary/aromatic N) is 5. The molecule has 2 heterocycles. The molecular formula is C12H20N6O2. The Morgan fingerprint density at radius 1 is 1.30 bits per heavy atom. The van der Waals surface area contributed by atoms with E-state index in [0.29, 0.717) is 5.82 Å². The summed E-state index contributed by atoms with van der Waals surface area (Å²) in [5.41, 5.74) is -0.346. The summed E-state index contributed by atoms with van der Waals surface area (Å²) < 4.78 is 0. The molecule has 1 fully saturated rings. The van der Waals surface area contributed by atoms with Crippen LogP contribution in [0.25, 0.3) is 0 Å². The molecule has 0 spiro atoms. The third-order valence-electron chi connectivity index (χ3n) is 3.39. The van der Waals surface area contributed by atoms with E-state index in [-0.39, 0.29) is 23.8 Å². The molecule has 8 nitrogen and oxygen atoms in total. The van der Waals surface area contributed by atoms with Crippen LogP contribution in [0, 0.1) is 5.41 Å². The monoisotopic (exact) mass is 280 g/mol. The van der Waals surface area contributed by atoms with Gasteiger partial charge < -0.3 is 10.2 Å². The first kappa shape index (κ1) is 14.4. The average molecular weight is 280 g/mol. The molecule has 1 aromatic rings. The Morgan fingerprint density at radius 2 is 1.95 bits per heavy atom. The molecular weight excluding hydrogens is 260 g/mol. The third kappa shape index (κ3) is 2.63. The lowest BCUT2D eigenvalue weighted by Gasteiger charge is -2.41. The number of amides is 2. The first-order valence-electron chi connectivity index (χ1n) is 6.54. The van der Waals surface area contributed by atoms with Crippen molar-refractivity contribution in [3.63, 3.8) is 0 Å². The number of piperazine rings is 1. The Labute approximate surface area is 117 Å². The van der Waals surface area contributed by atoms with Crippen molar-refractivity contribution in [1.29, 1.82) is 0 Å². The quantitative estimate of drug-likeness (QED) is 0.786. The summed E-state index contributed by atoms with van der Waals surface area (Å²) in [6.07, 6.45) is 0. The standard InChI is InChI=1S/C12H20N6O2/c1-7-10(19)13-9(12(2,3)4)11(20)18(7)6-8-14-16-17(5)15-8/h7,9H,6H2,1-5H3,(H,13,19). The van der Waals surface area contributed by atoms with Crippen molar-refractivity contribution in [2.45, 2.75) is 46.3 Å². The second-order valence-electron chi connectivity index (χ2n) is 6.14. The number of carbonyl (C=O) groups excluding carboxylic acids is 2. The Morgan fingerprint density at radius 3 is 2.45 bits per heavy atom. The van der Waals surface area contributed by atoms with Crippen LogP contribution in [0.15, 0.2) is 0 Å². The van der Waals surface area contributed by atoms with Crippen molar-refractivity contribution >= 4 is 11.8 Å². The summed E-state index contributed by atoms with van der Waals surface area (Å²) in [5, 5.41) is 14.4. The predicted molar refractivity (Wildman–Crippen MR) is 70.2 cm³/mol. The average Bonchev–Trinajstić information content (AvgIpc) is 2.73. The van der Waals surface area contributed by atoms with Gasteiger partial charge in [-0.15, -0.1) is 10.2 Å². The number of hydrogen-bond acceptors (Lipinski definition) is 5. The molecule has 0 bridgehead atoms. The van der Waals surface area contributed by atoms with Crippen molar-refractivity contribution in [2.75, 3.05) is 0 Å². The maximum absolute atomic E-state index is 12.6. The summed E-state index contributed by atoms with van der Waals surface area (Å²) in [6, 6.07) is -1.08. The van der Waals surface area contributed by atoms with Crippen LogP contribution in [0.5, 0.6) is 0 Å². The number of hydrogen-bond donors (Lipinski definition) is 1. The highest BCUT2D eigenvalue weighted by Crippen LogP contribution is 2.25. The number of aryl methyl sites for hydroxylation is 1. The van der Waals surface area contributed by atoms with Gasteiger partial charge in [-0.2, -0.15) is 4.80 Å². The molecule has 2 rings (SSSR count). The van der Waals surface area contributed by atoms with E-state index in [1.165, 1.54) is 9.70 Å². The van der Waals surface area contributed by atoms with E-state index in [4.69, 9.17) is 0 Å². The van der Waals surface area contributed by atoms with Gasteiger partial charge in [0, 0.05) is 0 Å². The smallest absolute Gasteiger partial charge is 0.246 e. The largest absolute Gasteiger partial charge is 0.342 e. The second kappa shape index (κ2) is 4.84. The molecule has 8 heteroatoms. The van der Waals surface area contributed by atoms with Gasteiger partial charge in [-0.3, -0.25) is 9.59 Å². The van der Waals surface area contributed by atoms with Crippen molar-refractivity contribution in [3.05, 3.63) is 5.82 Å². The van der Waals surface area contributed by atoms with Gasteiger partial charge in [0.25, 0.3) is 0 Å². The lowest BCUT2D eigenvalue weighted by atomic mass is 9.84. The summed E-state index contributed by atoms with van der Waals surface area (Å²) >= 11 is 0. The molecule has 2 unspecified atom stereocenters. The number of aromatic nitrogens is 4. The van der Waals surface area contributed by atoms with Crippen LogP contribution in [-0.2, 0) is 23.2 Å². The van der Waals surface area contributed by atoms with E-state index in [1.807, 2.05) is 20.8 Å². The molecule has 1 aromatic heterocycles. The van der Waals surface area contributed by atoms with Crippen LogP contribution >= 0.6 is 0 Å². The van der Waals surface area contributed by atoms with Gasteiger partial charge in [0.15, 0.2) is 5.82 Å². The van der Waals surface area contributed by atoms with Crippen molar-refractivity contribution in [1.82, 2.24) is 30.4 Å². The third-order valence-corrected chi connectivity index (χ3v) is 3.39. The molecule has 1 aliphatic rings. The SMILES string of the molecule is CC1C(=O)NC(C(C)(C)C)C(=O)N1Cc1nnn(C)n1. The van der Waals surface area contributed by atoms with E-state index in [1.54, 1.807) is 14.0 Å². The summed E-state index contributed by atoms with van der Waals surface area (Å²) in [7, 11) is 1.66. The van der Waals surface area contributed by atoms with Gasteiger partial charge in [-0.05, 0) is 17.6 Å². The van der Waals surface area contributed by atoms with E-state index < -0.39 is 12.1 Å². The van der Waals surface area contributed by atoms with Gasteiger partial charge in [0.05, 0.1) is 13.6 Å². The van der Waals surface area contributed by atoms with Crippen LogP contribution in [0.4, 0.5) is 0 Å². The molecule has 2 amide bonds. The maximum atomic E-state index is 12.6. The zero-order valence-electron chi connectivity index (χ0n) is 12.4. The molecule has 2 atom stereocenters. The molecule has 110 valence electrons. The number of rotatable bonds is 2. The van der Waals surface area contributed by atoms with E-state index >= 15 is 0 Å². The van der Waals surface area contributed by atoms with E-state index in [0.717, 1.165) is 0 Å². The first-order chi connectivity index (χ1) is 9.20. The van der Waals surface area contributed by atoms with Gasteiger partial charge in [-0.1, -0.05) is 20.8 Å². The minimum Gasteiger partial charge on any atom is -0.342 e. The summed E-state index contributed by atoms with van der Waals surface area (Å²) in [4.78, 5) is 27.4. The van der Waals surface area contributed by atoms with Crippen LogP contribution in [0.3, 0.4) is 0 Å². The molecule has 20 heavy (non-hydrogen) atoms. The van der Waals surface area contributed by atoms with Crippen LogP contribution < -0.4 is 5.32 Å². The minimum atomic E-state index is -0.539. The fourth-order valence-corrected chi connectivity index (χ4v) is 2.16. The molecule has 1 saturated heterocycles. The summed E-state index contributed by atoms with van der Waals surface area (Å²) in [6.45, 7) is 7.65. The van der Waals surface area contributed by atoms with Crippen LogP contribution in [0.2, 0.25) is 0 Å². The van der Waals surface area contributed by atoms with Gasteiger partial charge in [0.1, 0.15) is 12.1 Å². The predicted octanol–water partition coefficient (Wildman–Crippen LogP) is -0.528. The number of carbonyl (C=O) groups is 2. The first-order valence-corrected chi connectivity index (χ1v) is 6.54. The Hall–Kier alpha value is -1.99. The maximum Gasteiger partial charge on any atom is 0.246 e. The van der Waals surface area contributed by atoms with E-state index in [2.05, 4.69) is 20.7 Å². The van der Waals surface area contributed by atoms with Gasteiger partial charge in [-0.25, -0.2) is 0 Å². The molecule has 0 aliphatic carbocycles. The normalized spacial score (nSPS) is 23.9. The van der Waals surface area contributed by atoms with Crippen LogP contribution in [-0.4, -0.2) is 49.0 Å². The zero-order valence-corrected chi connectivity index (χ0v) is 12.4. The fraction of sp³-hybridized carbons (Fsp3) is 0.750. The molecule has 0 saturated carbocycles. The highest BCUT2D eigenvalue weighted by atomic mass is 16.2. The summed E-state index contributed by atoms with van der Waals surface area (Å²) in [5.74, 6) is 0.153. The second-order valence-corrected chi connectivity index (χ2v) is 6.14. The van der Waals surface area contributed by atoms with Crippen molar-refractivity contribution < 1.29 is 9.59 Å². The van der Waals surface area contributed by atoms with Crippen molar-refractivity contribution in [2.24, 2.45) is 12.5 Å². The lowest BCUT2D eigenvalue weighted by molar-refractivity contribution is -0.152.